The summed E-state index contributed by atoms with van der Waals surface area (Å²) < 4.78 is 7.12. The van der Waals surface area contributed by atoms with Crippen LogP contribution in [0.2, 0.25) is 0 Å². The molecule has 5 heteroatoms. The third kappa shape index (κ3) is 3.16. The van der Waals surface area contributed by atoms with Gasteiger partial charge in [-0.15, -0.1) is 0 Å². The summed E-state index contributed by atoms with van der Waals surface area (Å²) in [6, 6.07) is 13.7. The van der Waals surface area contributed by atoms with E-state index in [1.54, 1.807) is 7.11 Å². The monoisotopic (exact) mass is 323 g/mol. The van der Waals surface area contributed by atoms with E-state index in [4.69, 9.17) is 4.74 Å². The van der Waals surface area contributed by atoms with Gasteiger partial charge in [0.05, 0.1) is 11.0 Å². The van der Waals surface area contributed by atoms with Gasteiger partial charge in [-0.1, -0.05) is 24.3 Å². The first-order valence-electron chi connectivity index (χ1n) is 7.89. The molecule has 5 nitrogen and oxygen atoms in total. The van der Waals surface area contributed by atoms with Gasteiger partial charge in [0, 0.05) is 12.8 Å². The van der Waals surface area contributed by atoms with Crippen LogP contribution in [0.15, 0.2) is 42.5 Å². The summed E-state index contributed by atoms with van der Waals surface area (Å²) in [7, 11) is 1.62. The Kier molecular flexibility index (Phi) is 4.62. The Labute approximate surface area is 141 Å². The van der Waals surface area contributed by atoms with Gasteiger partial charge in [0.25, 0.3) is 0 Å². The van der Waals surface area contributed by atoms with Gasteiger partial charge in [-0.2, -0.15) is 0 Å². The Bertz CT molecular complexity index is 883. The van der Waals surface area contributed by atoms with E-state index in [0.717, 1.165) is 33.7 Å². The number of amides is 1. The first-order valence-corrected chi connectivity index (χ1v) is 7.89. The SMILES string of the molecule is COCc1nc2ccccc2n1CC(=O)Nc1cccc(C)c1C. The Morgan fingerprint density at radius 2 is 1.96 bits per heavy atom. The van der Waals surface area contributed by atoms with Crippen LogP contribution in [0, 0.1) is 13.8 Å². The van der Waals surface area contributed by atoms with Gasteiger partial charge in [-0.25, -0.2) is 4.98 Å². The van der Waals surface area contributed by atoms with E-state index in [2.05, 4.69) is 10.3 Å². The van der Waals surface area contributed by atoms with Gasteiger partial charge in [-0.3, -0.25) is 4.79 Å². The van der Waals surface area contributed by atoms with Crippen LogP contribution in [-0.4, -0.2) is 22.6 Å². The summed E-state index contributed by atoms with van der Waals surface area (Å²) in [6.45, 7) is 4.61. The van der Waals surface area contributed by atoms with E-state index in [9.17, 15) is 4.79 Å². The molecule has 24 heavy (non-hydrogen) atoms. The van der Waals surface area contributed by atoms with Gasteiger partial charge in [0.2, 0.25) is 5.91 Å². The molecule has 124 valence electrons. The molecular weight excluding hydrogens is 302 g/mol. The van der Waals surface area contributed by atoms with Gasteiger partial charge >= 0.3 is 0 Å². The van der Waals surface area contributed by atoms with Crippen molar-refractivity contribution >= 4 is 22.6 Å². The highest BCUT2D eigenvalue weighted by Gasteiger charge is 2.14. The molecule has 1 heterocycles. The fraction of sp³-hybridized carbons (Fsp3) is 0.263. The first-order chi connectivity index (χ1) is 11.6. The smallest absolute Gasteiger partial charge is 0.244 e. The second-order valence-electron chi connectivity index (χ2n) is 5.83. The number of hydrogen-bond donors (Lipinski definition) is 1. The number of para-hydroxylation sites is 2. The summed E-state index contributed by atoms with van der Waals surface area (Å²) in [6.07, 6.45) is 0. The Hall–Kier alpha value is -2.66. The zero-order valence-electron chi connectivity index (χ0n) is 14.2. The van der Waals surface area contributed by atoms with E-state index in [1.807, 2.05) is 60.9 Å². The molecule has 0 aliphatic heterocycles. The van der Waals surface area contributed by atoms with E-state index in [-0.39, 0.29) is 12.5 Å². The molecule has 0 atom stereocenters. The van der Waals surface area contributed by atoms with Gasteiger partial charge in [0.1, 0.15) is 19.0 Å². The second-order valence-corrected chi connectivity index (χ2v) is 5.83. The molecule has 1 aromatic heterocycles. The molecule has 0 saturated carbocycles. The number of imidazole rings is 1. The summed E-state index contributed by atoms with van der Waals surface area (Å²) >= 11 is 0. The van der Waals surface area contributed by atoms with Crippen molar-refractivity contribution in [2.75, 3.05) is 12.4 Å². The molecule has 0 unspecified atom stereocenters. The minimum atomic E-state index is -0.0794. The summed E-state index contributed by atoms with van der Waals surface area (Å²) in [5.74, 6) is 0.666. The first kappa shape index (κ1) is 16.2. The highest BCUT2D eigenvalue weighted by atomic mass is 16.5. The number of nitrogens with one attached hydrogen (secondary N) is 1. The minimum absolute atomic E-state index is 0.0794. The lowest BCUT2D eigenvalue weighted by molar-refractivity contribution is -0.116. The number of fused-ring (bicyclic) bond motifs is 1. The number of benzene rings is 2. The summed E-state index contributed by atoms with van der Waals surface area (Å²) in [5.41, 5.74) is 4.88. The van der Waals surface area contributed by atoms with Crippen LogP contribution in [0.1, 0.15) is 17.0 Å². The number of carbonyl (C=O) groups excluding carboxylic acids is 1. The molecule has 0 aliphatic rings. The molecule has 2 aromatic carbocycles. The average Bonchev–Trinajstić information content (AvgIpc) is 2.90. The van der Waals surface area contributed by atoms with E-state index in [0.29, 0.717) is 6.61 Å². The van der Waals surface area contributed by atoms with E-state index >= 15 is 0 Å². The van der Waals surface area contributed by atoms with E-state index in [1.165, 1.54) is 0 Å². The number of hydrogen-bond acceptors (Lipinski definition) is 3. The third-order valence-corrected chi connectivity index (χ3v) is 4.19. The fourth-order valence-electron chi connectivity index (χ4n) is 2.76. The fourth-order valence-corrected chi connectivity index (χ4v) is 2.76. The molecular formula is C19H21N3O2. The largest absolute Gasteiger partial charge is 0.377 e. The van der Waals surface area contributed by atoms with Crippen molar-refractivity contribution < 1.29 is 9.53 Å². The van der Waals surface area contributed by atoms with E-state index < -0.39 is 0 Å². The number of aryl methyl sites for hydroxylation is 1. The molecule has 1 amide bonds. The van der Waals surface area contributed by atoms with Crippen molar-refractivity contribution in [2.24, 2.45) is 0 Å². The molecule has 0 spiro atoms. The lowest BCUT2D eigenvalue weighted by atomic mass is 10.1. The predicted octanol–water partition coefficient (Wildman–Crippen LogP) is 3.44. The molecule has 0 fully saturated rings. The zero-order chi connectivity index (χ0) is 17.1. The number of rotatable bonds is 5. The van der Waals surface area contributed by atoms with Crippen LogP contribution in [-0.2, 0) is 22.7 Å². The predicted molar refractivity (Wildman–Crippen MR) is 95.0 cm³/mol. The topological polar surface area (TPSA) is 56.2 Å². The highest BCUT2D eigenvalue weighted by molar-refractivity contribution is 5.92. The molecule has 0 saturated heterocycles. The number of aromatic nitrogens is 2. The number of anilines is 1. The number of nitrogens with zero attached hydrogens (tertiary/aromatic N) is 2. The van der Waals surface area contributed by atoms with Crippen LogP contribution < -0.4 is 5.32 Å². The number of ether oxygens (including phenoxy) is 1. The Morgan fingerprint density at radius 1 is 1.17 bits per heavy atom. The standard InChI is InChI=1S/C19H21N3O2/c1-13-7-6-9-15(14(13)2)21-19(23)11-22-17-10-5-4-8-16(17)20-18(22)12-24-3/h4-10H,11-12H2,1-3H3,(H,21,23). The van der Waals surface area contributed by atoms with Crippen molar-refractivity contribution in [1.82, 2.24) is 9.55 Å². The maximum absolute atomic E-state index is 12.5. The minimum Gasteiger partial charge on any atom is -0.377 e. The lowest BCUT2D eigenvalue weighted by Crippen LogP contribution is -2.21. The molecule has 0 radical (unpaired) electrons. The molecule has 0 bridgehead atoms. The van der Waals surface area contributed by atoms with Crippen LogP contribution >= 0.6 is 0 Å². The van der Waals surface area contributed by atoms with Crippen molar-refractivity contribution in [1.29, 1.82) is 0 Å². The van der Waals surface area contributed by atoms with Crippen molar-refractivity contribution in [3.63, 3.8) is 0 Å². The maximum Gasteiger partial charge on any atom is 0.244 e. The van der Waals surface area contributed by atoms with Crippen LogP contribution in [0.5, 0.6) is 0 Å². The van der Waals surface area contributed by atoms with Crippen LogP contribution in [0.4, 0.5) is 5.69 Å². The number of methoxy groups -OCH3 is 1. The highest BCUT2D eigenvalue weighted by Crippen LogP contribution is 2.19. The quantitative estimate of drug-likeness (QED) is 0.782. The molecule has 3 aromatic rings. The number of carbonyl (C=O) groups is 1. The van der Waals surface area contributed by atoms with Crippen molar-refractivity contribution in [3.8, 4) is 0 Å². The maximum atomic E-state index is 12.5. The summed E-state index contributed by atoms with van der Waals surface area (Å²) in [4.78, 5) is 17.1. The lowest BCUT2D eigenvalue weighted by Gasteiger charge is -2.12. The molecule has 3 rings (SSSR count). The Morgan fingerprint density at radius 3 is 2.75 bits per heavy atom. The van der Waals surface area contributed by atoms with Crippen LogP contribution in [0.3, 0.4) is 0 Å². The summed E-state index contributed by atoms with van der Waals surface area (Å²) in [5, 5.41) is 2.99. The average molecular weight is 323 g/mol. The third-order valence-electron chi connectivity index (χ3n) is 4.19. The Balaban J connectivity index is 1.87. The normalized spacial score (nSPS) is 11.0. The zero-order valence-corrected chi connectivity index (χ0v) is 14.2. The van der Waals surface area contributed by atoms with Crippen molar-refractivity contribution in [2.45, 2.75) is 27.0 Å². The van der Waals surface area contributed by atoms with Gasteiger partial charge in [-0.05, 0) is 43.2 Å². The second kappa shape index (κ2) is 6.84. The molecule has 0 aliphatic carbocycles. The molecule has 1 N–H and O–H groups in total. The van der Waals surface area contributed by atoms with Crippen LogP contribution in [0.25, 0.3) is 11.0 Å². The van der Waals surface area contributed by atoms with Crippen molar-refractivity contribution in [3.05, 3.63) is 59.4 Å². The van der Waals surface area contributed by atoms with Gasteiger partial charge in [0.15, 0.2) is 0 Å². The van der Waals surface area contributed by atoms with Gasteiger partial charge < -0.3 is 14.6 Å².